The molecular formula is C26H23NO4. The Bertz CT molecular complexity index is 1260. The molecule has 0 aliphatic carbocycles. The molecule has 4 aromatic rings. The summed E-state index contributed by atoms with van der Waals surface area (Å²) in [5, 5.41) is 0.921. The average Bonchev–Trinajstić information content (AvgIpc) is 2.83. The van der Waals surface area contributed by atoms with E-state index in [4.69, 9.17) is 13.9 Å². The topological polar surface area (TPSA) is 51.9 Å². The van der Waals surface area contributed by atoms with Crippen molar-refractivity contribution in [3.63, 3.8) is 0 Å². The molecule has 1 aliphatic rings. The molecule has 1 aromatic heterocycles. The largest absolute Gasteiger partial charge is 0.497 e. The number of nitrogens with zero attached hydrogens (tertiary/aromatic N) is 1. The zero-order valence-electron chi connectivity index (χ0n) is 17.3. The van der Waals surface area contributed by atoms with E-state index in [2.05, 4.69) is 17.0 Å². The van der Waals surface area contributed by atoms with E-state index < -0.39 is 0 Å². The zero-order chi connectivity index (χ0) is 21.2. The first kappa shape index (κ1) is 19.4. The SMILES string of the molecule is COc1ccc(CCN2COc3ccc4c(-c5ccccc5)cc(=O)oc4c3C2)cc1. The lowest BCUT2D eigenvalue weighted by Gasteiger charge is -2.29. The highest BCUT2D eigenvalue weighted by Crippen LogP contribution is 2.36. The lowest BCUT2D eigenvalue weighted by molar-refractivity contribution is 0.0968. The lowest BCUT2D eigenvalue weighted by atomic mass is 9.99. The minimum absolute atomic E-state index is 0.352. The minimum atomic E-state index is -0.352. The molecule has 0 spiro atoms. The Morgan fingerprint density at radius 2 is 1.81 bits per heavy atom. The van der Waals surface area contributed by atoms with E-state index in [9.17, 15) is 4.79 Å². The Hall–Kier alpha value is -3.57. The second-order valence-corrected chi connectivity index (χ2v) is 7.69. The van der Waals surface area contributed by atoms with Crippen LogP contribution in [-0.2, 0) is 13.0 Å². The van der Waals surface area contributed by atoms with Crippen molar-refractivity contribution >= 4 is 11.0 Å². The van der Waals surface area contributed by atoms with Gasteiger partial charge in [0.25, 0.3) is 0 Å². The van der Waals surface area contributed by atoms with Crippen molar-refractivity contribution in [2.24, 2.45) is 0 Å². The van der Waals surface area contributed by atoms with Gasteiger partial charge in [0, 0.05) is 24.5 Å². The first-order valence-corrected chi connectivity index (χ1v) is 10.3. The maximum atomic E-state index is 12.4. The highest BCUT2D eigenvalue weighted by molar-refractivity contribution is 5.95. The fraction of sp³-hybridized carbons (Fsp3) is 0.192. The fourth-order valence-electron chi connectivity index (χ4n) is 4.06. The Morgan fingerprint density at radius 1 is 1.00 bits per heavy atom. The van der Waals surface area contributed by atoms with Crippen LogP contribution in [-0.4, -0.2) is 25.3 Å². The van der Waals surface area contributed by atoms with Gasteiger partial charge in [-0.3, -0.25) is 4.90 Å². The van der Waals surface area contributed by atoms with E-state index in [1.165, 1.54) is 5.56 Å². The highest BCUT2D eigenvalue weighted by atomic mass is 16.5. The van der Waals surface area contributed by atoms with E-state index >= 15 is 0 Å². The minimum Gasteiger partial charge on any atom is -0.497 e. The van der Waals surface area contributed by atoms with E-state index in [0.717, 1.165) is 46.5 Å². The predicted octanol–water partition coefficient (Wildman–Crippen LogP) is 4.86. The second kappa shape index (κ2) is 8.28. The molecule has 0 saturated carbocycles. The van der Waals surface area contributed by atoms with Crippen LogP contribution in [0.4, 0.5) is 0 Å². The number of fused-ring (bicyclic) bond motifs is 3. The molecule has 3 aromatic carbocycles. The fourth-order valence-corrected chi connectivity index (χ4v) is 4.06. The molecule has 1 aliphatic heterocycles. The molecule has 2 heterocycles. The van der Waals surface area contributed by atoms with Crippen molar-refractivity contribution in [3.8, 4) is 22.6 Å². The Kier molecular flexibility index (Phi) is 5.18. The molecule has 5 rings (SSSR count). The van der Waals surface area contributed by atoms with Crippen LogP contribution in [0.2, 0.25) is 0 Å². The number of hydrogen-bond acceptors (Lipinski definition) is 5. The molecule has 156 valence electrons. The number of ether oxygens (including phenoxy) is 2. The molecule has 0 fully saturated rings. The molecule has 0 N–H and O–H groups in total. The first-order chi connectivity index (χ1) is 15.2. The van der Waals surface area contributed by atoms with Crippen LogP contribution in [0.25, 0.3) is 22.1 Å². The van der Waals surface area contributed by atoms with Crippen LogP contribution in [0.1, 0.15) is 11.1 Å². The van der Waals surface area contributed by atoms with Crippen molar-refractivity contribution in [1.29, 1.82) is 0 Å². The zero-order valence-corrected chi connectivity index (χ0v) is 17.3. The molecule has 5 nitrogen and oxygen atoms in total. The molecule has 0 radical (unpaired) electrons. The molecular weight excluding hydrogens is 390 g/mol. The normalized spacial score (nSPS) is 13.6. The maximum absolute atomic E-state index is 12.4. The van der Waals surface area contributed by atoms with Crippen LogP contribution in [0.3, 0.4) is 0 Å². The van der Waals surface area contributed by atoms with Gasteiger partial charge in [0.1, 0.15) is 23.8 Å². The van der Waals surface area contributed by atoms with E-state index in [1.54, 1.807) is 13.2 Å². The van der Waals surface area contributed by atoms with Crippen molar-refractivity contribution in [3.05, 3.63) is 94.3 Å². The van der Waals surface area contributed by atoms with Crippen molar-refractivity contribution in [2.45, 2.75) is 13.0 Å². The summed E-state index contributed by atoms with van der Waals surface area (Å²) >= 11 is 0. The van der Waals surface area contributed by atoms with E-state index in [1.807, 2.05) is 54.6 Å². The van der Waals surface area contributed by atoms with Gasteiger partial charge < -0.3 is 13.9 Å². The first-order valence-electron chi connectivity index (χ1n) is 10.3. The number of methoxy groups -OCH3 is 1. The third-order valence-electron chi connectivity index (χ3n) is 5.72. The monoisotopic (exact) mass is 413 g/mol. The Morgan fingerprint density at radius 3 is 2.58 bits per heavy atom. The van der Waals surface area contributed by atoms with Crippen molar-refractivity contribution in [2.75, 3.05) is 20.4 Å². The van der Waals surface area contributed by atoms with Gasteiger partial charge in [-0.2, -0.15) is 0 Å². The third kappa shape index (κ3) is 3.92. The van der Waals surface area contributed by atoms with E-state index in [-0.39, 0.29) is 5.63 Å². The second-order valence-electron chi connectivity index (χ2n) is 7.69. The summed E-state index contributed by atoms with van der Waals surface area (Å²) in [5.41, 5.74) is 4.29. The van der Waals surface area contributed by atoms with Gasteiger partial charge in [0.15, 0.2) is 0 Å². The van der Waals surface area contributed by atoms with Crippen LogP contribution in [0, 0.1) is 0 Å². The van der Waals surface area contributed by atoms with Gasteiger partial charge in [0.2, 0.25) is 0 Å². The summed E-state index contributed by atoms with van der Waals surface area (Å²) in [5.74, 6) is 1.64. The molecule has 5 heteroatoms. The Balaban J connectivity index is 1.44. The molecule has 0 atom stereocenters. The van der Waals surface area contributed by atoms with Gasteiger partial charge in [0.05, 0.1) is 12.7 Å². The third-order valence-corrected chi connectivity index (χ3v) is 5.72. The number of benzene rings is 3. The summed E-state index contributed by atoms with van der Waals surface area (Å²) < 4.78 is 16.9. The smallest absolute Gasteiger partial charge is 0.336 e. The maximum Gasteiger partial charge on any atom is 0.336 e. The van der Waals surface area contributed by atoms with Gasteiger partial charge in [-0.05, 0) is 47.4 Å². The van der Waals surface area contributed by atoms with Crippen molar-refractivity contribution in [1.82, 2.24) is 4.90 Å². The number of rotatable bonds is 5. The average molecular weight is 413 g/mol. The summed E-state index contributed by atoms with van der Waals surface area (Å²) in [4.78, 5) is 14.6. The standard InChI is InChI=1S/C26H23NO4/c1-29-20-9-7-18(8-10-20)13-14-27-16-23-24(30-17-27)12-11-21-22(15-25(28)31-26(21)23)19-5-3-2-4-6-19/h2-12,15H,13-14,16-17H2,1H3. The van der Waals surface area contributed by atoms with Crippen LogP contribution in [0.5, 0.6) is 11.5 Å². The van der Waals surface area contributed by atoms with Crippen LogP contribution < -0.4 is 15.1 Å². The Labute approximate surface area is 180 Å². The van der Waals surface area contributed by atoms with Crippen molar-refractivity contribution < 1.29 is 13.9 Å². The molecule has 0 saturated heterocycles. The van der Waals surface area contributed by atoms with Gasteiger partial charge >= 0.3 is 5.63 Å². The summed E-state index contributed by atoms with van der Waals surface area (Å²) in [6.45, 7) is 2.02. The quantitative estimate of drug-likeness (QED) is 0.437. The van der Waals surface area contributed by atoms with Crippen LogP contribution in [0.15, 0.2) is 82.0 Å². The molecule has 0 unspecified atom stereocenters. The summed E-state index contributed by atoms with van der Waals surface area (Å²) in [6, 6.07) is 23.6. The van der Waals surface area contributed by atoms with Gasteiger partial charge in [-0.1, -0.05) is 42.5 Å². The summed E-state index contributed by atoms with van der Waals surface area (Å²) in [7, 11) is 1.67. The predicted molar refractivity (Wildman–Crippen MR) is 121 cm³/mol. The van der Waals surface area contributed by atoms with Crippen LogP contribution >= 0.6 is 0 Å². The van der Waals surface area contributed by atoms with Gasteiger partial charge in [-0.25, -0.2) is 4.79 Å². The molecule has 0 bridgehead atoms. The molecule has 31 heavy (non-hydrogen) atoms. The lowest BCUT2D eigenvalue weighted by Crippen LogP contribution is -2.33. The highest BCUT2D eigenvalue weighted by Gasteiger charge is 2.22. The summed E-state index contributed by atoms with van der Waals surface area (Å²) in [6.07, 6.45) is 0.896. The molecule has 0 amide bonds. The number of hydrogen-bond donors (Lipinski definition) is 0. The van der Waals surface area contributed by atoms with E-state index in [0.29, 0.717) is 18.9 Å². The van der Waals surface area contributed by atoms with Gasteiger partial charge in [-0.15, -0.1) is 0 Å².